The SMILES string of the molecule is CC(C)OC(=O)CSCc1ccc(Cl)s1. The van der Waals surface area contributed by atoms with Gasteiger partial charge in [0.25, 0.3) is 0 Å². The second kappa shape index (κ2) is 6.40. The number of halogens is 1. The molecular formula is C10H13ClO2S2. The van der Waals surface area contributed by atoms with Gasteiger partial charge in [-0.05, 0) is 26.0 Å². The van der Waals surface area contributed by atoms with Crippen LogP contribution in [-0.2, 0) is 15.3 Å². The lowest BCUT2D eigenvalue weighted by atomic mass is 10.5. The van der Waals surface area contributed by atoms with Crippen molar-refractivity contribution in [2.45, 2.75) is 25.7 Å². The summed E-state index contributed by atoms with van der Waals surface area (Å²) in [5.41, 5.74) is 0. The van der Waals surface area contributed by atoms with Gasteiger partial charge in [-0.25, -0.2) is 0 Å². The Morgan fingerprint density at radius 1 is 1.60 bits per heavy atom. The molecule has 0 saturated carbocycles. The van der Waals surface area contributed by atoms with Crippen LogP contribution in [0.3, 0.4) is 0 Å². The molecule has 2 nitrogen and oxygen atoms in total. The molecule has 84 valence electrons. The molecule has 0 atom stereocenters. The summed E-state index contributed by atoms with van der Waals surface area (Å²) in [5, 5.41) is 0. The average Bonchev–Trinajstić information content (AvgIpc) is 2.50. The fourth-order valence-electron chi connectivity index (χ4n) is 0.961. The van der Waals surface area contributed by atoms with Crippen molar-refractivity contribution in [2.75, 3.05) is 5.75 Å². The summed E-state index contributed by atoms with van der Waals surface area (Å²) in [5.74, 6) is 1.05. The van der Waals surface area contributed by atoms with Gasteiger partial charge in [-0.15, -0.1) is 23.1 Å². The maximum Gasteiger partial charge on any atom is 0.316 e. The Morgan fingerprint density at radius 3 is 2.87 bits per heavy atom. The van der Waals surface area contributed by atoms with Crippen molar-refractivity contribution in [3.8, 4) is 0 Å². The van der Waals surface area contributed by atoms with Crippen LogP contribution in [0.25, 0.3) is 0 Å². The monoisotopic (exact) mass is 264 g/mol. The highest BCUT2D eigenvalue weighted by Crippen LogP contribution is 2.25. The van der Waals surface area contributed by atoms with Crippen molar-refractivity contribution in [1.82, 2.24) is 0 Å². The molecule has 0 radical (unpaired) electrons. The normalized spacial score (nSPS) is 10.7. The quantitative estimate of drug-likeness (QED) is 0.761. The van der Waals surface area contributed by atoms with Crippen molar-refractivity contribution < 1.29 is 9.53 Å². The van der Waals surface area contributed by atoms with Gasteiger partial charge in [0, 0.05) is 10.6 Å². The molecule has 1 heterocycles. The summed E-state index contributed by atoms with van der Waals surface area (Å²) in [6.45, 7) is 3.70. The third-order valence-electron chi connectivity index (χ3n) is 1.46. The fraction of sp³-hybridized carbons (Fsp3) is 0.500. The zero-order chi connectivity index (χ0) is 11.3. The van der Waals surface area contributed by atoms with E-state index in [1.165, 1.54) is 4.88 Å². The molecule has 0 aliphatic carbocycles. The number of carbonyl (C=O) groups excluding carboxylic acids is 1. The van der Waals surface area contributed by atoms with Gasteiger partial charge >= 0.3 is 5.97 Å². The Kier molecular flexibility index (Phi) is 5.50. The topological polar surface area (TPSA) is 26.3 Å². The minimum absolute atomic E-state index is 0.0331. The molecule has 0 aliphatic rings. The van der Waals surface area contributed by atoms with Crippen LogP contribution < -0.4 is 0 Å². The Bertz CT molecular complexity index is 323. The third kappa shape index (κ3) is 5.44. The van der Waals surface area contributed by atoms with Crippen LogP contribution in [0.2, 0.25) is 4.34 Å². The van der Waals surface area contributed by atoms with Crippen LogP contribution in [0.1, 0.15) is 18.7 Å². The molecule has 5 heteroatoms. The van der Waals surface area contributed by atoms with Gasteiger partial charge in [-0.3, -0.25) is 4.79 Å². The number of thiophene rings is 1. The molecule has 15 heavy (non-hydrogen) atoms. The molecule has 0 aliphatic heterocycles. The Balaban J connectivity index is 2.19. The van der Waals surface area contributed by atoms with Crippen molar-refractivity contribution in [3.05, 3.63) is 21.3 Å². The molecule has 0 unspecified atom stereocenters. The van der Waals surface area contributed by atoms with E-state index in [1.807, 2.05) is 26.0 Å². The predicted molar refractivity (Wildman–Crippen MR) is 66.7 cm³/mol. The van der Waals surface area contributed by atoms with Crippen LogP contribution in [0.5, 0.6) is 0 Å². The van der Waals surface area contributed by atoms with E-state index in [1.54, 1.807) is 23.1 Å². The van der Waals surface area contributed by atoms with Crippen LogP contribution in [0.4, 0.5) is 0 Å². The minimum Gasteiger partial charge on any atom is -0.462 e. The lowest BCUT2D eigenvalue weighted by Gasteiger charge is -2.06. The van der Waals surface area contributed by atoms with Crippen LogP contribution >= 0.6 is 34.7 Å². The third-order valence-corrected chi connectivity index (χ3v) is 3.83. The number of thioether (sulfide) groups is 1. The van der Waals surface area contributed by atoms with Gasteiger partial charge in [-0.1, -0.05) is 11.6 Å². The number of rotatable bonds is 5. The first-order chi connectivity index (χ1) is 7.08. The first-order valence-corrected chi connectivity index (χ1v) is 6.94. The molecule has 0 aromatic carbocycles. The van der Waals surface area contributed by atoms with Gasteiger partial charge in [0.15, 0.2) is 0 Å². The van der Waals surface area contributed by atoms with Crippen molar-refractivity contribution >= 4 is 40.7 Å². The van der Waals surface area contributed by atoms with E-state index in [2.05, 4.69) is 0 Å². The summed E-state index contributed by atoms with van der Waals surface area (Å²) in [7, 11) is 0. The summed E-state index contributed by atoms with van der Waals surface area (Å²) < 4.78 is 5.80. The molecule has 0 spiro atoms. The number of hydrogen-bond donors (Lipinski definition) is 0. The Morgan fingerprint density at radius 2 is 2.33 bits per heavy atom. The first-order valence-electron chi connectivity index (χ1n) is 4.59. The van der Waals surface area contributed by atoms with Gasteiger partial charge in [0.2, 0.25) is 0 Å². The van der Waals surface area contributed by atoms with Crippen LogP contribution in [0, 0.1) is 0 Å². The molecule has 0 saturated heterocycles. The second-order valence-electron chi connectivity index (χ2n) is 3.24. The first kappa shape index (κ1) is 12.9. The van der Waals surface area contributed by atoms with E-state index in [4.69, 9.17) is 16.3 Å². The lowest BCUT2D eigenvalue weighted by Crippen LogP contribution is -2.13. The van der Waals surface area contributed by atoms with E-state index >= 15 is 0 Å². The van der Waals surface area contributed by atoms with Crippen molar-refractivity contribution in [3.63, 3.8) is 0 Å². The van der Waals surface area contributed by atoms with E-state index < -0.39 is 0 Å². The zero-order valence-corrected chi connectivity index (χ0v) is 11.0. The molecule has 0 fully saturated rings. The summed E-state index contributed by atoms with van der Waals surface area (Å²) in [6, 6.07) is 3.85. The summed E-state index contributed by atoms with van der Waals surface area (Å²) in [6.07, 6.45) is -0.0331. The predicted octanol–water partition coefficient (Wildman–Crippen LogP) is 3.59. The molecule has 1 rings (SSSR count). The Labute approximate surface area is 103 Å². The minimum atomic E-state index is -0.155. The molecule has 1 aromatic rings. The van der Waals surface area contributed by atoms with E-state index in [9.17, 15) is 4.79 Å². The van der Waals surface area contributed by atoms with Gasteiger partial charge in [0.05, 0.1) is 16.2 Å². The van der Waals surface area contributed by atoms with Crippen LogP contribution in [-0.4, -0.2) is 17.8 Å². The molecule has 0 amide bonds. The Hall–Kier alpha value is -0.190. The molecule has 1 aromatic heterocycles. The lowest BCUT2D eigenvalue weighted by molar-refractivity contribution is -0.144. The highest BCUT2D eigenvalue weighted by molar-refractivity contribution is 7.99. The molecule has 0 bridgehead atoms. The van der Waals surface area contributed by atoms with E-state index in [0.717, 1.165) is 10.1 Å². The smallest absolute Gasteiger partial charge is 0.316 e. The summed E-state index contributed by atoms with van der Waals surface area (Å²) in [4.78, 5) is 12.4. The van der Waals surface area contributed by atoms with Crippen molar-refractivity contribution in [1.29, 1.82) is 0 Å². The van der Waals surface area contributed by atoms with Gasteiger partial charge in [-0.2, -0.15) is 0 Å². The number of hydrogen-bond acceptors (Lipinski definition) is 4. The highest BCUT2D eigenvalue weighted by Gasteiger charge is 2.06. The number of ether oxygens (including phenoxy) is 1. The highest BCUT2D eigenvalue weighted by atomic mass is 35.5. The standard InChI is InChI=1S/C10H13ClO2S2/c1-7(2)13-10(12)6-14-5-8-3-4-9(11)15-8/h3-4,7H,5-6H2,1-2H3. The van der Waals surface area contributed by atoms with Gasteiger partial charge < -0.3 is 4.74 Å². The van der Waals surface area contributed by atoms with Crippen molar-refractivity contribution in [2.24, 2.45) is 0 Å². The van der Waals surface area contributed by atoms with Crippen LogP contribution in [0.15, 0.2) is 12.1 Å². The summed E-state index contributed by atoms with van der Waals surface area (Å²) >= 11 is 8.88. The van der Waals surface area contributed by atoms with Gasteiger partial charge in [0.1, 0.15) is 0 Å². The number of carbonyl (C=O) groups is 1. The average molecular weight is 265 g/mol. The maximum atomic E-state index is 11.2. The zero-order valence-electron chi connectivity index (χ0n) is 8.66. The number of esters is 1. The fourth-order valence-corrected chi connectivity index (χ4v) is 2.96. The molecule has 0 N–H and O–H groups in total. The van der Waals surface area contributed by atoms with E-state index in [0.29, 0.717) is 5.75 Å². The second-order valence-corrected chi connectivity index (χ2v) is 6.02. The molecular weight excluding hydrogens is 252 g/mol. The van der Waals surface area contributed by atoms with E-state index in [-0.39, 0.29) is 12.1 Å². The largest absolute Gasteiger partial charge is 0.462 e. The maximum absolute atomic E-state index is 11.2.